The van der Waals surface area contributed by atoms with Gasteiger partial charge in [-0.2, -0.15) is 0 Å². The number of rotatable bonds is 3. The number of nitrogens with one attached hydrogen (secondary N) is 1. The van der Waals surface area contributed by atoms with Gasteiger partial charge in [0.25, 0.3) is 0 Å². The second-order valence-electron chi connectivity index (χ2n) is 3.71. The third-order valence-corrected chi connectivity index (χ3v) is 2.58. The first kappa shape index (κ1) is 10.8. The molecule has 0 bridgehead atoms. The van der Waals surface area contributed by atoms with Gasteiger partial charge in [-0.1, -0.05) is 12.0 Å². The molecule has 1 unspecified atom stereocenters. The molecule has 0 spiro atoms. The molecular weight excluding hydrogens is 202 g/mol. The lowest BCUT2D eigenvalue weighted by Gasteiger charge is -2.20. The summed E-state index contributed by atoms with van der Waals surface area (Å²) in [5.74, 6) is 4.20. The van der Waals surface area contributed by atoms with Gasteiger partial charge >= 0.3 is 0 Å². The van der Waals surface area contributed by atoms with Crippen molar-refractivity contribution in [3.05, 3.63) is 23.8 Å². The van der Waals surface area contributed by atoms with Gasteiger partial charge in [0.05, 0.1) is 6.54 Å². The van der Waals surface area contributed by atoms with E-state index in [4.69, 9.17) is 15.9 Å². The van der Waals surface area contributed by atoms with Crippen molar-refractivity contribution in [2.75, 3.05) is 19.8 Å². The summed E-state index contributed by atoms with van der Waals surface area (Å²) in [6.07, 6.45) is 5.21. The van der Waals surface area contributed by atoms with E-state index in [0.717, 1.165) is 17.1 Å². The van der Waals surface area contributed by atoms with E-state index in [1.165, 1.54) is 0 Å². The molecule has 1 N–H and O–H groups in total. The van der Waals surface area contributed by atoms with E-state index in [1.807, 2.05) is 18.2 Å². The van der Waals surface area contributed by atoms with Gasteiger partial charge in [0, 0.05) is 6.04 Å². The molecule has 3 heteroatoms. The Hall–Kier alpha value is -1.66. The molecule has 16 heavy (non-hydrogen) atoms. The Morgan fingerprint density at radius 2 is 2.12 bits per heavy atom. The summed E-state index contributed by atoms with van der Waals surface area (Å²) in [6.45, 7) is 3.87. The molecule has 84 valence electrons. The van der Waals surface area contributed by atoms with Crippen molar-refractivity contribution in [1.82, 2.24) is 5.32 Å². The molecule has 0 aromatic heterocycles. The second-order valence-corrected chi connectivity index (χ2v) is 3.71. The van der Waals surface area contributed by atoms with Crippen LogP contribution in [0.2, 0.25) is 0 Å². The van der Waals surface area contributed by atoms with E-state index in [0.29, 0.717) is 19.8 Å². The summed E-state index contributed by atoms with van der Waals surface area (Å²) in [4.78, 5) is 0. The topological polar surface area (TPSA) is 30.5 Å². The number of terminal acetylenes is 1. The second kappa shape index (κ2) is 4.91. The highest BCUT2D eigenvalue weighted by Crippen LogP contribution is 2.32. The van der Waals surface area contributed by atoms with E-state index in [2.05, 4.69) is 18.2 Å². The van der Waals surface area contributed by atoms with Crippen LogP contribution in [0.15, 0.2) is 18.2 Å². The van der Waals surface area contributed by atoms with Gasteiger partial charge < -0.3 is 9.47 Å². The van der Waals surface area contributed by atoms with E-state index < -0.39 is 0 Å². The van der Waals surface area contributed by atoms with Crippen LogP contribution in [-0.4, -0.2) is 19.8 Å². The lowest BCUT2D eigenvalue weighted by atomic mass is 10.1. The molecule has 1 aromatic carbocycles. The molecule has 1 aromatic rings. The Morgan fingerprint density at radius 1 is 1.38 bits per heavy atom. The molecule has 1 aliphatic rings. The third kappa shape index (κ3) is 2.29. The normalized spacial score (nSPS) is 15.2. The lowest BCUT2D eigenvalue weighted by Crippen LogP contribution is -2.20. The Morgan fingerprint density at radius 3 is 2.88 bits per heavy atom. The zero-order valence-electron chi connectivity index (χ0n) is 9.32. The molecule has 1 heterocycles. The van der Waals surface area contributed by atoms with Gasteiger partial charge in [0.1, 0.15) is 13.2 Å². The molecule has 0 fully saturated rings. The molecule has 1 aliphatic heterocycles. The first-order valence-corrected chi connectivity index (χ1v) is 5.37. The first-order valence-electron chi connectivity index (χ1n) is 5.37. The quantitative estimate of drug-likeness (QED) is 0.782. The van der Waals surface area contributed by atoms with Crippen LogP contribution >= 0.6 is 0 Å². The van der Waals surface area contributed by atoms with E-state index >= 15 is 0 Å². The molecule has 0 saturated carbocycles. The summed E-state index contributed by atoms with van der Waals surface area (Å²) < 4.78 is 11.0. The van der Waals surface area contributed by atoms with Crippen LogP contribution in [0, 0.1) is 12.3 Å². The van der Waals surface area contributed by atoms with Gasteiger partial charge in [-0.3, -0.25) is 5.32 Å². The van der Waals surface area contributed by atoms with Crippen LogP contribution in [0.4, 0.5) is 0 Å². The van der Waals surface area contributed by atoms with Crippen LogP contribution in [-0.2, 0) is 0 Å². The summed E-state index contributed by atoms with van der Waals surface area (Å²) in [5.41, 5.74) is 1.15. The molecule has 1 atom stereocenters. The van der Waals surface area contributed by atoms with Crippen molar-refractivity contribution < 1.29 is 9.47 Å². The van der Waals surface area contributed by atoms with Gasteiger partial charge in [0.15, 0.2) is 11.5 Å². The van der Waals surface area contributed by atoms with Crippen LogP contribution in [0.1, 0.15) is 18.5 Å². The number of fused-ring (bicyclic) bond motifs is 1. The van der Waals surface area contributed by atoms with Crippen molar-refractivity contribution in [1.29, 1.82) is 0 Å². The highest BCUT2D eigenvalue weighted by molar-refractivity contribution is 5.44. The van der Waals surface area contributed by atoms with E-state index in [1.54, 1.807) is 0 Å². The van der Waals surface area contributed by atoms with Gasteiger partial charge in [0.2, 0.25) is 0 Å². The maximum absolute atomic E-state index is 5.53. The van der Waals surface area contributed by atoms with Crippen molar-refractivity contribution in [3.8, 4) is 23.8 Å². The maximum Gasteiger partial charge on any atom is 0.161 e. The molecule has 3 nitrogen and oxygen atoms in total. The van der Waals surface area contributed by atoms with Crippen molar-refractivity contribution in [3.63, 3.8) is 0 Å². The summed E-state index contributed by atoms with van der Waals surface area (Å²) >= 11 is 0. The minimum atomic E-state index is 0.215. The molecule has 0 radical (unpaired) electrons. The third-order valence-electron chi connectivity index (χ3n) is 2.58. The van der Waals surface area contributed by atoms with Crippen molar-refractivity contribution in [2.24, 2.45) is 0 Å². The number of benzene rings is 1. The fraction of sp³-hybridized carbons (Fsp3) is 0.385. The van der Waals surface area contributed by atoms with E-state index in [-0.39, 0.29) is 6.04 Å². The summed E-state index contributed by atoms with van der Waals surface area (Å²) in [7, 11) is 0. The molecule has 0 amide bonds. The molecule has 0 saturated heterocycles. The van der Waals surface area contributed by atoms with Crippen LogP contribution < -0.4 is 14.8 Å². The van der Waals surface area contributed by atoms with Crippen LogP contribution in [0.3, 0.4) is 0 Å². The van der Waals surface area contributed by atoms with Gasteiger partial charge in [-0.05, 0) is 24.6 Å². The zero-order valence-corrected chi connectivity index (χ0v) is 9.32. The summed E-state index contributed by atoms with van der Waals surface area (Å²) in [5, 5.41) is 3.22. The minimum absolute atomic E-state index is 0.215. The fourth-order valence-corrected chi connectivity index (χ4v) is 1.66. The predicted octanol–water partition coefficient (Wildman–Crippen LogP) is 1.74. The highest BCUT2D eigenvalue weighted by atomic mass is 16.6. The Labute approximate surface area is 95.8 Å². The Balaban J connectivity index is 2.13. The van der Waals surface area contributed by atoms with Crippen LogP contribution in [0.5, 0.6) is 11.5 Å². The highest BCUT2D eigenvalue weighted by Gasteiger charge is 2.13. The average Bonchev–Trinajstić information content (AvgIpc) is 2.35. The monoisotopic (exact) mass is 217 g/mol. The maximum atomic E-state index is 5.53. The Bertz CT molecular complexity index is 409. The van der Waals surface area contributed by atoms with E-state index in [9.17, 15) is 0 Å². The Kier molecular flexibility index (Phi) is 3.33. The summed E-state index contributed by atoms with van der Waals surface area (Å²) in [6, 6.07) is 6.19. The number of ether oxygens (including phenoxy) is 2. The fourth-order valence-electron chi connectivity index (χ4n) is 1.66. The van der Waals surface area contributed by atoms with Crippen molar-refractivity contribution >= 4 is 0 Å². The van der Waals surface area contributed by atoms with Gasteiger partial charge in [-0.15, -0.1) is 6.42 Å². The van der Waals surface area contributed by atoms with Crippen molar-refractivity contribution in [2.45, 2.75) is 13.0 Å². The molecule has 2 rings (SSSR count). The predicted molar refractivity (Wildman–Crippen MR) is 62.7 cm³/mol. The number of hydrogen-bond acceptors (Lipinski definition) is 3. The first-order chi connectivity index (χ1) is 7.81. The zero-order chi connectivity index (χ0) is 11.4. The SMILES string of the molecule is C#CCNC(C)c1ccc2c(c1)OCCO2. The molecule has 0 aliphatic carbocycles. The largest absolute Gasteiger partial charge is 0.486 e. The molecular formula is C13H15NO2. The van der Waals surface area contributed by atoms with Gasteiger partial charge in [-0.25, -0.2) is 0 Å². The minimum Gasteiger partial charge on any atom is -0.486 e. The standard InChI is InChI=1S/C13H15NO2/c1-3-6-14-10(2)11-4-5-12-13(9-11)16-8-7-15-12/h1,4-5,9-10,14H,6-8H2,2H3. The number of hydrogen-bond donors (Lipinski definition) is 1. The average molecular weight is 217 g/mol. The van der Waals surface area contributed by atoms with Crippen LogP contribution in [0.25, 0.3) is 0 Å². The smallest absolute Gasteiger partial charge is 0.161 e. The lowest BCUT2D eigenvalue weighted by molar-refractivity contribution is 0.171.